The van der Waals surface area contributed by atoms with Crippen molar-refractivity contribution in [1.29, 1.82) is 0 Å². The number of amides is 1. The van der Waals surface area contributed by atoms with Gasteiger partial charge in [-0.2, -0.15) is 0 Å². The number of rotatable bonds is 3. The molecule has 1 aromatic carbocycles. The Morgan fingerprint density at radius 2 is 1.94 bits per heavy atom. The van der Waals surface area contributed by atoms with Gasteiger partial charge in [-0.3, -0.25) is 4.79 Å². The standard InChI is InChI=1S/C13H12ClNO3/c14-9-5-6-10(13(17)18)11(7-9)15-12(16)8-3-1-2-4-8/h1-2,5-8H,3-4H2,(H,15,16)(H,17,18). The van der Waals surface area contributed by atoms with Gasteiger partial charge in [-0.25, -0.2) is 4.79 Å². The topological polar surface area (TPSA) is 66.4 Å². The molecule has 5 heteroatoms. The first kappa shape index (κ1) is 12.6. The molecule has 0 aliphatic heterocycles. The van der Waals surface area contributed by atoms with Gasteiger partial charge in [0, 0.05) is 10.9 Å². The van der Waals surface area contributed by atoms with Gasteiger partial charge in [-0.1, -0.05) is 23.8 Å². The second kappa shape index (κ2) is 5.23. The lowest BCUT2D eigenvalue weighted by Crippen LogP contribution is -2.22. The van der Waals surface area contributed by atoms with Crippen molar-refractivity contribution >= 4 is 29.2 Å². The minimum atomic E-state index is -1.09. The number of halogens is 1. The number of carboxylic acids is 1. The number of carbonyl (C=O) groups is 2. The lowest BCUT2D eigenvalue weighted by Gasteiger charge is -2.12. The molecule has 1 amide bonds. The van der Waals surface area contributed by atoms with E-state index < -0.39 is 5.97 Å². The molecule has 0 atom stereocenters. The van der Waals surface area contributed by atoms with Gasteiger partial charge in [0.25, 0.3) is 0 Å². The second-order valence-electron chi connectivity index (χ2n) is 4.12. The molecule has 0 spiro atoms. The normalized spacial score (nSPS) is 14.7. The quantitative estimate of drug-likeness (QED) is 0.826. The van der Waals surface area contributed by atoms with Gasteiger partial charge < -0.3 is 10.4 Å². The van der Waals surface area contributed by atoms with E-state index >= 15 is 0 Å². The van der Waals surface area contributed by atoms with Crippen molar-refractivity contribution in [3.63, 3.8) is 0 Å². The fraction of sp³-hybridized carbons (Fsp3) is 0.231. The Kier molecular flexibility index (Phi) is 3.67. The maximum Gasteiger partial charge on any atom is 0.337 e. The number of hydrogen-bond acceptors (Lipinski definition) is 2. The van der Waals surface area contributed by atoms with Crippen LogP contribution in [0.15, 0.2) is 30.4 Å². The van der Waals surface area contributed by atoms with E-state index in [9.17, 15) is 9.59 Å². The van der Waals surface area contributed by atoms with Crippen molar-refractivity contribution in [3.05, 3.63) is 40.9 Å². The molecule has 0 bridgehead atoms. The van der Waals surface area contributed by atoms with Crippen LogP contribution in [-0.4, -0.2) is 17.0 Å². The highest BCUT2D eigenvalue weighted by Gasteiger charge is 2.21. The summed E-state index contributed by atoms with van der Waals surface area (Å²) in [6.45, 7) is 0. The van der Waals surface area contributed by atoms with Crippen LogP contribution in [-0.2, 0) is 4.79 Å². The molecule has 2 rings (SSSR count). The van der Waals surface area contributed by atoms with E-state index in [-0.39, 0.29) is 23.1 Å². The Labute approximate surface area is 109 Å². The highest BCUT2D eigenvalue weighted by Crippen LogP contribution is 2.24. The zero-order valence-corrected chi connectivity index (χ0v) is 10.3. The molecule has 2 N–H and O–H groups in total. The first-order valence-electron chi connectivity index (χ1n) is 5.56. The molecule has 0 saturated carbocycles. The summed E-state index contributed by atoms with van der Waals surface area (Å²) in [6, 6.07) is 4.32. The Hall–Kier alpha value is -1.81. The number of nitrogens with one attached hydrogen (secondary N) is 1. The van der Waals surface area contributed by atoms with Crippen LogP contribution >= 0.6 is 11.6 Å². The third kappa shape index (κ3) is 2.71. The van der Waals surface area contributed by atoms with E-state index in [0.717, 1.165) is 0 Å². The Morgan fingerprint density at radius 3 is 2.56 bits per heavy atom. The van der Waals surface area contributed by atoms with Crippen LogP contribution in [0.2, 0.25) is 5.02 Å². The van der Waals surface area contributed by atoms with Crippen LogP contribution in [0.25, 0.3) is 0 Å². The summed E-state index contributed by atoms with van der Waals surface area (Å²) in [5.41, 5.74) is 0.283. The average Bonchev–Trinajstić information content (AvgIpc) is 2.81. The van der Waals surface area contributed by atoms with Crippen molar-refractivity contribution in [2.45, 2.75) is 12.8 Å². The van der Waals surface area contributed by atoms with Crippen molar-refractivity contribution in [2.24, 2.45) is 5.92 Å². The molecule has 0 unspecified atom stereocenters. The molecule has 0 radical (unpaired) electrons. The van der Waals surface area contributed by atoms with Gasteiger partial charge in [0.05, 0.1) is 11.3 Å². The summed E-state index contributed by atoms with van der Waals surface area (Å²) < 4.78 is 0. The third-order valence-corrected chi connectivity index (χ3v) is 3.08. The van der Waals surface area contributed by atoms with Crippen molar-refractivity contribution in [2.75, 3.05) is 5.32 Å². The van der Waals surface area contributed by atoms with E-state index in [0.29, 0.717) is 17.9 Å². The number of carboxylic acid groups (broad SMARTS) is 1. The fourth-order valence-electron chi connectivity index (χ4n) is 1.87. The number of aromatic carboxylic acids is 1. The molecular formula is C13H12ClNO3. The third-order valence-electron chi connectivity index (χ3n) is 2.85. The number of anilines is 1. The molecule has 94 valence electrons. The van der Waals surface area contributed by atoms with Crippen molar-refractivity contribution < 1.29 is 14.7 Å². The average molecular weight is 266 g/mol. The molecule has 1 aliphatic rings. The first-order chi connectivity index (χ1) is 8.58. The lowest BCUT2D eigenvalue weighted by atomic mass is 10.1. The number of allylic oxidation sites excluding steroid dienone is 2. The molecule has 0 aromatic heterocycles. The van der Waals surface area contributed by atoms with Gasteiger partial charge in [0.15, 0.2) is 0 Å². The maximum atomic E-state index is 11.9. The fourth-order valence-corrected chi connectivity index (χ4v) is 2.04. The number of hydrogen-bond donors (Lipinski definition) is 2. The van der Waals surface area contributed by atoms with Crippen molar-refractivity contribution in [3.8, 4) is 0 Å². The minimum absolute atomic E-state index is 0.0405. The second-order valence-corrected chi connectivity index (χ2v) is 4.56. The summed E-state index contributed by atoms with van der Waals surface area (Å²) in [6.07, 6.45) is 5.27. The van der Waals surface area contributed by atoms with Gasteiger partial charge >= 0.3 is 5.97 Å². The molecule has 0 saturated heterocycles. The molecule has 1 aliphatic carbocycles. The highest BCUT2D eigenvalue weighted by atomic mass is 35.5. The van der Waals surface area contributed by atoms with Crippen molar-refractivity contribution in [1.82, 2.24) is 0 Å². The number of benzene rings is 1. The van der Waals surface area contributed by atoms with Gasteiger partial charge in [-0.15, -0.1) is 0 Å². The summed E-state index contributed by atoms with van der Waals surface area (Å²) in [4.78, 5) is 22.9. The molecular weight excluding hydrogens is 254 g/mol. The molecule has 0 heterocycles. The first-order valence-corrected chi connectivity index (χ1v) is 5.94. The van der Waals surface area contributed by atoms with Gasteiger partial charge in [0.2, 0.25) is 5.91 Å². The minimum Gasteiger partial charge on any atom is -0.478 e. The van der Waals surface area contributed by atoms with Crippen LogP contribution in [0.5, 0.6) is 0 Å². The lowest BCUT2D eigenvalue weighted by molar-refractivity contribution is -0.119. The van der Waals surface area contributed by atoms with E-state index in [1.807, 2.05) is 12.2 Å². The monoisotopic (exact) mass is 265 g/mol. The summed E-state index contributed by atoms with van der Waals surface area (Å²) in [5, 5.41) is 12.0. The van der Waals surface area contributed by atoms with Crippen LogP contribution in [0.3, 0.4) is 0 Å². The summed E-state index contributed by atoms with van der Waals surface area (Å²) in [5.74, 6) is -1.39. The molecule has 1 aromatic rings. The smallest absolute Gasteiger partial charge is 0.337 e. The zero-order valence-electron chi connectivity index (χ0n) is 9.52. The van der Waals surface area contributed by atoms with E-state index in [1.165, 1.54) is 18.2 Å². The zero-order chi connectivity index (χ0) is 13.1. The van der Waals surface area contributed by atoms with E-state index in [2.05, 4.69) is 5.32 Å². The van der Waals surface area contributed by atoms with Crippen LogP contribution in [0.4, 0.5) is 5.69 Å². The summed E-state index contributed by atoms with van der Waals surface area (Å²) >= 11 is 5.81. The largest absolute Gasteiger partial charge is 0.478 e. The van der Waals surface area contributed by atoms with Crippen LogP contribution < -0.4 is 5.32 Å². The molecule has 4 nitrogen and oxygen atoms in total. The van der Waals surface area contributed by atoms with Gasteiger partial charge in [0.1, 0.15) is 0 Å². The molecule has 0 fully saturated rings. The Balaban J connectivity index is 2.19. The number of carbonyl (C=O) groups excluding carboxylic acids is 1. The Morgan fingerprint density at radius 1 is 1.28 bits per heavy atom. The summed E-state index contributed by atoms with van der Waals surface area (Å²) in [7, 11) is 0. The van der Waals surface area contributed by atoms with Gasteiger partial charge in [-0.05, 0) is 31.0 Å². The van der Waals surface area contributed by atoms with Crippen LogP contribution in [0, 0.1) is 5.92 Å². The van der Waals surface area contributed by atoms with E-state index in [4.69, 9.17) is 16.7 Å². The maximum absolute atomic E-state index is 11.9. The van der Waals surface area contributed by atoms with Crippen LogP contribution in [0.1, 0.15) is 23.2 Å². The molecule has 18 heavy (non-hydrogen) atoms. The predicted molar refractivity (Wildman–Crippen MR) is 68.9 cm³/mol. The van der Waals surface area contributed by atoms with E-state index in [1.54, 1.807) is 0 Å². The highest BCUT2D eigenvalue weighted by molar-refractivity contribution is 6.31. The predicted octanol–water partition coefficient (Wildman–Crippen LogP) is 2.94. The Bertz CT molecular complexity index is 517. The SMILES string of the molecule is O=C(O)c1ccc(Cl)cc1NC(=O)C1CC=CC1.